The van der Waals surface area contributed by atoms with Gasteiger partial charge in [0.05, 0.1) is 5.57 Å². The van der Waals surface area contributed by atoms with Gasteiger partial charge in [-0.1, -0.05) is 51.7 Å². The molecule has 140 valence electrons. The smallest absolute Gasteiger partial charge is 0.372 e. The van der Waals surface area contributed by atoms with Crippen molar-refractivity contribution in [3.05, 3.63) is 35.1 Å². The highest BCUT2D eigenvalue weighted by molar-refractivity contribution is 5.32. The molecule has 0 N–H and O–H groups in total. The van der Waals surface area contributed by atoms with Crippen LogP contribution in [-0.4, -0.2) is 24.2 Å². The maximum Gasteiger partial charge on any atom is 0.416 e. The Morgan fingerprint density at radius 2 is 1.58 bits per heavy atom. The lowest BCUT2D eigenvalue weighted by atomic mass is 10.1. The average molecular weight is 345 g/mol. The van der Waals surface area contributed by atoms with Crippen LogP contribution in [0.25, 0.3) is 0 Å². The van der Waals surface area contributed by atoms with Gasteiger partial charge in [-0.15, -0.1) is 0 Å². The Balaban J connectivity index is 5.34. The third-order valence-corrected chi connectivity index (χ3v) is 4.14. The molecule has 1 nitrogen and oxygen atoms in total. The fraction of sp³-hybridized carbons (Fsp3) is 0.700. The summed E-state index contributed by atoms with van der Waals surface area (Å²) >= 11 is 0. The van der Waals surface area contributed by atoms with Crippen molar-refractivity contribution in [3.8, 4) is 0 Å². The minimum atomic E-state index is -4.30. The zero-order valence-corrected chi connectivity index (χ0v) is 16.0. The van der Waals surface area contributed by atoms with Gasteiger partial charge in [0.25, 0.3) is 0 Å². The van der Waals surface area contributed by atoms with Crippen molar-refractivity contribution in [1.29, 1.82) is 0 Å². The van der Waals surface area contributed by atoms with Gasteiger partial charge >= 0.3 is 6.18 Å². The molecule has 24 heavy (non-hydrogen) atoms. The van der Waals surface area contributed by atoms with E-state index in [0.717, 1.165) is 49.7 Å². The number of nitrogens with zero attached hydrogens (tertiary/aromatic N) is 1. The van der Waals surface area contributed by atoms with Gasteiger partial charge in [-0.05, 0) is 45.3 Å². The van der Waals surface area contributed by atoms with E-state index in [2.05, 4.69) is 18.7 Å². The van der Waals surface area contributed by atoms with E-state index in [1.54, 1.807) is 6.08 Å². The van der Waals surface area contributed by atoms with Crippen molar-refractivity contribution in [2.75, 3.05) is 13.1 Å². The number of alkyl halides is 3. The van der Waals surface area contributed by atoms with Gasteiger partial charge in [0.15, 0.2) is 0 Å². The summed E-state index contributed by atoms with van der Waals surface area (Å²) in [6.07, 6.45) is 6.15. The first kappa shape index (κ1) is 22.8. The Morgan fingerprint density at radius 3 is 2.04 bits per heavy atom. The van der Waals surface area contributed by atoms with Gasteiger partial charge in [-0.2, -0.15) is 13.2 Å². The quantitative estimate of drug-likeness (QED) is 0.287. The van der Waals surface area contributed by atoms with Crippen molar-refractivity contribution in [2.45, 2.75) is 79.3 Å². The molecule has 0 bridgehead atoms. The molecule has 0 saturated heterocycles. The first-order valence-corrected chi connectivity index (χ1v) is 9.17. The van der Waals surface area contributed by atoms with Gasteiger partial charge in [0.2, 0.25) is 0 Å². The minimum absolute atomic E-state index is 0.591. The SMILES string of the molecule is C\C=C(/C=C\C(=C(\C)CC)N(CCC)CCCCCC)C(F)(F)F. The summed E-state index contributed by atoms with van der Waals surface area (Å²) in [7, 11) is 0. The van der Waals surface area contributed by atoms with Crippen LogP contribution in [0, 0.1) is 0 Å². The van der Waals surface area contributed by atoms with Crippen LogP contribution in [0.1, 0.15) is 73.1 Å². The van der Waals surface area contributed by atoms with E-state index < -0.39 is 11.7 Å². The maximum absolute atomic E-state index is 12.9. The van der Waals surface area contributed by atoms with Gasteiger partial charge in [-0.25, -0.2) is 0 Å². The van der Waals surface area contributed by atoms with Crippen LogP contribution in [0.15, 0.2) is 35.1 Å². The molecule has 0 unspecified atom stereocenters. The molecule has 0 spiro atoms. The summed E-state index contributed by atoms with van der Waals surface area (Å²) in [6, 6.07) is 0. The second-order valence-corrected chi connectivity index (χ2v) is 6.14. The Labute approximate surface area is 146 Å². The molecule has 0 heterocycles. The topological polar surface area (TPSA) is 3.24 Å². The van der Waals surface area contributed by atoms with Crippen molar-refractivity contribution < 1.29 is 13.2 Å². The molecule has 0 amide bonds. The normalized spacial score (nSPS) is 14.2. The lowest BCUT2D eigenvalue weighted by Gasteiger charge is -2.27. The summed E-state index contributed by atoms with van der Waals surface area (Å²) in [5.74, 6) is 0. The number of hydrogen-bond donors (Lipinski definition) is 0. The summed E-state index contributed by atoms with van der Waals surface area (Å²) in [4.78, 5) is 2.24. The molecule has 0 aromatic heterocycles. The molecule has 0 rings (SSSR count). The molecule has 0 aliphatic heterocycles. The van der Waals surface area contributed by atoms with Crippen LogP contribution >= 0.6 is 0 Å². The summed E-state index contributed by atoms with van der Waals surface area (Å²) < 4.78 is 38.8. The zero-order chi connectivity index (χ0) is 18.6. The number of unbranched alkanes of at least 4 members (excludes halogenated alkanes) is 3. The lowest BCUT2D eigenvalue weighted by molar-refractivity contribution is -0.0883. The highest BCUT2D eigenvalue weighted by Crippen LogP contribution is 2.27. The monoisotopic (exact) mass is 345 g/mol. The predicted octanol–water partition coefficient (Wildman–Crippen LogP) is 7.03. The molecule has 0 aromatic carbocycles. The Hall–Kier alpha value is -1.19. The van der Waals surface area contributed by atoms with E-state index in [-0.39, 0.29) is 0 Å². The van der Waals surface area contributed by atoms with Crippen molar-refractivity contribution in [2.24, 2.45) is 0 Å². The third kappa shape index (κ3) is 8.60. The molecule has 0 radical (unpaired) electrons. The number of halogens is 3. The highest BCUT2D eigenvalue weighted by Gasteiger charge is 2.31. The Bertz CT molecular complexity index is 431. The molecule has 0 aromatic rings. The van der Waals surface area contributed by atoms with Crippen LogP contribution < -0.4 is 0 Å². The second kappa shape index (κ2) is 12.2. The first-order valence-electron chi connectivity index (χ1n) is 9.17. The van der Waals surface area contributed by atoms with E-state index in [1.165, 1.54) is 32.3 Å². The van der Waals surface area contributed by atoms with E-state index in [1.807, 2.05) is 13.8 Å². The fourth-order valence-electron chi connectivity index (χ4n) is 2.57. The second-order valence-electron chi connectivity index (χ2n) is 6.14. The van der Waals surface area contributed by atoms with Crippen LogP contribution in [0.2, 0.25) is 0 Å². The first-order chi connectivity index (χ1) is 11.3. The van der Waals surface area contributed by atoms with E-state index >= 15 is 0 Å². The number of allylic oxidation sites excluding steroid dienone is 5. The predicted molar refractivity (Wildman–Crippen MR) is 97.9 cm³/mol. The largest absolute Gasteiger partial charge is 0.416 e. The molecular weight excluding hydrogens is 311 g/mol. The van der Waals surface area contributed by atoms with Gasteiger partial charge < -0.3 is 4.90 Å². The minimum Gasteiger partial charge on any atom is -0.372 e. The standard InChI is InChI=1S/C20H34F3N/c1-6-10-11-12-16-24(15-7-2)19(17(5)8-3)14-13-18(9-4)20(21,22)23/h9,13-14H,6-8,10-12,15-16H2,1-5H3/b14-13-,18-9+,19-17+. The number of rotatable bonds is 11. The molecule has 0 saturated carbocycles. The molecule has 0 atom stereocenters. The van der Waals surface area contributed by atoms with Crippen molar-refractivity contribution in [3.63, 3.8) is 0 Å². The maximum atomic E-state index is 12.9. The van der Waals surface area contributed by atoms with Gasteiger partial charge in [-0.3, -0.25) is 0 Å². The summed E-state index contributed by atoms with van der Waals surface area (Å²) in [6.45, 7) is 11.5. The Kier molecular flexibility index (Phi) is 11.6. The average Bonchev–Trinajstić information content (AvgIpc) is 2.53. The molecule has 0 aliphatic carbocycles. The molecule has 0 fully saturated rings. The summed E-state index contributed by atoms with van der Waals surface area (Å²) in [5.41, 5.74) is 1.48. The number of hydrogen-bond acceptors (Lipinski definition) is 1. The van der Waals surface area contributed by atoms with Crippen LogP contribution in [0.4, 0.5) is 13.2 Å². The van der Waals surface area contributed by atoms with Crippen molar-refractivity contribution >= 4 is 0 Å². The van der Waals surface area contributed by atoms with Crippen molar-refractivity contribution in [1.82, 2.24) is 4.90 Å². The molecule has 4 heteroatoms. The van der Waals surface area contributed by atoms with Crippen LogP contribution in [0.3, 0.4) is 0 Å². The van der Waals surface area contributed by atoms with Gasteiger partial charge in [0.1, 0.15) is 0 Å². The van der Waals surface area contributed by atoms with E-state index in [9.17, 15) is 13.2 Å². The summed E-state index contributed by atoms with van der Waals surface area (Å²) in [5, 5.41) is 0. The van der Waals surface area contributed by atoms with Crippen LogP contribution in [0.5, 0.6) is 0 Å². The van der Waals surface area contributed by atoms with E-state index in [4.69, 9.17) is 0 Å². The zero-order valence-electron chi connectivity index (χ0n) is 16.0. The van der Waals surface area contributed by atoms with E-state index in [0.29, 0.717) is 0 Å². The molecule has 0 aliphatic rings. The Morgan fingerprint density at radius 1 is 0.917 bits per heavy atom. The lowest BCUT2D eigenvalue weighted by Crippen LogP contribution is -2.25. The van der Waals surface area contributed by atoms with Crippen LogP contribution in [-0.2, 0) is 0 Å². The van der Waals surface area contributed by atoms with Gasteiger partial charge in [0, 0.05) is 18.8 Å². The third-order valence-electron chi connectivity index (χ3n) is 4.14. The fourth-order valence-corrected chi connectivity index (χ4v) is 2.57. The highest BCUT2D eigenvalue weighted by atomic mass is 19.4. The molecular formula is C20H34F3N.